The van der Waals surface area contributed by atoms with Crippen LogP contribution in [-0.4, -0.2) is 37.4 Å². The molecule has 1 amide bonds. The van der Waals surface area contributed by atoms with Crippen LogP contribution >= 0.6 is 0 Å². The first-order valence-corrected chi connectivity index (χ1v) is 10.9. The van der Waals surface area contributed by atoms with E-state index in [0.29, 0.717) is 36.2 Å². The molecule has 2 aromatic carbocycles. The maximum Gasteiger partial charge on any atom is 0.352 e. The summed E-state index contributed by atoms with van der Waals surface area (Å²) in [7, 11) is 0. The molecular weight excluding hydrogens is 422 g/mol. The smallest absolute Gasteiger partial charge is 0.352 e. The number of aromatic nitrogens is 4. The lowest BCUT2D eigenvalue weighted by molar-refractivity contribution is -0.117. The minimum atomic E-state index is -0.479. The van der Waals surface area contributed by atoms with Gasteiger partial charge in [0.05, 0.1) is 17.0 Å². The Hall–Kier alpha value is -3.72. The summed E-state index contributed by atoms with van der Waals surface area (Å²) < 4.78 is 9.54. The zero-order valence-corrected chi connectivity index (χ0v) is 18.9. The summed E-state index contributed by atoms with van der Waals surface area (Å²) in [5.74, 6) is -0.177. The lowest BCUT2D eigenvalue weighted by Crippen LogP contribution is -2.29. The Balaban J connectivity index is 1.71. The number of anilines is 1. The van der Waals surface area contributed by atoms with Gasteiger partial charge in [0.15, 0.2) is 0 Å². The molecule has 0 bridgehead atoms. The van der Waals surface area contributed by atoms with Gasteiger partial charge in [0, 0.05) is 18.8 Å². The van der Waals surface area contributed by atoms with Crippen LogP contribution in [0.1, 0.15) is 25.8 Å². The van der Waals surface area contributed by atoms with Gasteiger partial charge >= 0.3 is 5.69 Å². The first kappa shape index (κ1) is 22.5. The highest BCUT2D eigenvalue weighted by molar-refractivity contribution is 5.90. The van der Waals surface area contributed by atoms with Crippen LogP contribution in [0, 0.1) is 6.92 Å². The van der Waals surface area contributed by atoms with Crippen LogP contribution < -0.4 is 16.6 Å². The van der Waals surface area contributed by atoms with Crippen LogP contribution in [0.15, 0.2) is 58.1 Å². The molecule has 0 atom stereocenters. The van der Waals surface area contributed by atoms with Crippen molar-refractivity contribution >= 4 is 28.3 Å². The number of nitrogens with zero attached hydrogens (tertiary/aromatic N) is 4. The maximum absolute atomic E-state index is 13.2. The Kier molecular flexibility index (Phi) is 6.41. The minimum absolute atomic E-state index is 0.0900. The Morgan fingerprint density at radius 2 is 1.82 bits per heavy atom. The molecule has 0 fully saturated rings. The number of hydrogen-bond donors (Lipinski definition) is 1. The summed E-state index contributed by atoms with van der Waals surface area (Å²) in [6.45, 7) is 6.40. The Labute approximate surface area is 190 Å². The molecule has 1 N–H and O–H groups in total. The fourth-order valence-electron chi connectivity index (χ4n) is 3.69. The predicted molar refractivity (Wildman–Crippen MR) is 127 cm³/mol. The van der Waals surface area contributed by atoms with E-state index in [2.05, 4.69) is 10.4 Å². The average molecular weight is 450 g/mol. The molecule has 2 aromatic heterocycles. The lowest BCUT2D eigenvalue weighted by Gasteiger charge is -2.11. The van der Waals surface area contributed by atoms with E-state index < -0.39 is 5.69 Å². The van der Waals surface area contributed by atoms with Crippen molar-refractivity contribution in [1.82, 2.24) is 18.7 Å². The summed E-state index contributed by atoms with van der Waals surface area (Å²) in [6.07, 6.45) is 0.674. The number of amides is 1. The number of para-hydroxylation sites is 1. The van der Waals surface area contributed by atoms with Crippen molar-refractivity contribution in [2.45, 2.75) is 46.4 Å². The highest BCUT2D eigenvalue weighted by atomic mass is 16.5. The number of hydrogen-bond acceptors (Lipinski definition) is 5. The third-order valence-electron chi connectivity index (χ3n) is 5.29. The van der Waals surface area contributed by atoms with E-state index in [-0.39, 0.29) is 29.9 Å². The second-order valence-electron chi connectivity index (χ2n) is 8.24. The van der Waals surface area contributed by atoms with Gasteiger partial charge in [-0.25, -0.2) is 13.9 Å². The number of carbonyl (C=O) groups is 1. The van der Waals surface area contributed by atoms with Crippen molar-refractivity contribution in [3.05, 3.63) is 74.9 Å². The summed E-state index contributed by atoms with van der Waals surface area (Å²) in [5.41, 5.74) is 1.46. The number of nitrogens with one attached hydrogen (secondary N) is 1. The number of benzene rings is 2. The van der Waals surface area contributed by atoms with Gasteiger partial charge in [-0.3, -0.25) is 14.2 Å². The van der Waals surface area contributed by atoms with Gasteiger partial charge in [-0.05, 0) is 51.5 Å². The molecule has 0 aliphatic heterocycles. The Morgan fingerprint density at radius 3 is 2.55 bits per heavy atom. The zero-order valence-electron chi connectivity index (χ0n) is 18.9. The van der Waals surface area contributed by atoms with Crippen LogP contribution in [0.25, 0.3) is 16.7 Å². The van der Waals surface area contributed by atoms with Crippen molar-refractivity contribution < 1.29 is 9.53 Å². The summed E-state index contributed by atoms with van der Waals surface area (Å²) >= 11 is 0. The van der Waals surface area contributed by atoms with Gasteiger partial charge in [-0.2, -0.15) is 0 Å². The van der Waals surface area contributed by atoms with E-state index in [0.717, 1.165) is 10.2 Å². The molecule has 0 radical (unpaired) electrons. The summed E-state index contributed by atoms with van der Waals surface area (Å²) in [6, 6.07) is 14.3. The maximum atomic E-state index is 13.2. The Morgan fingerprint density at radius 1 is 1.09 bits per heavy atom. The normalized spacial score (nSPS) is 11.5. The molecule has 4 rings (SSSR count). The fourth-order valence-corrected chi connectivity index (χ4v) is 3.69. The molecule has 0 saturated carbocycles. The molecule has 0 saturated heterocycles. The molecule has 172 valence electrons. The van der Waals surface area contributed by atoms with Gasteiger partial charge in [0.1, 0.15) is 6.54 Å². The zero-order chi connectivity index (χ0) is 23.5. The fraction of sp³-hybridized carbons (Fsp3) is 0.333. The van der Waals surface area contributed by atoms with Crippen LogP contribution in [0.5, 0.6) is 0 Å². The number of aryl methyl sites for hydroxylation is 2. The van der Waals surface area contributed by atoms with Crippen molar-refractivity contribution in [1.29, 1.82) is 0 Å². The van der Waals surface area contributed by atoms with Gasteiger partial charge < -0.3 is 10.1 Å². The number of ether oxygens (including phenoxy) is 1. The van der Waals surface area contributed by atoms with Crippen molar-refractivity contribution in [3.8, 4) is 0 Å². The number of fused-ring (bicyclic) bond motifs is 3. The van der Waals surface area contributed by atoms with Crippen molar-refractivity contribution in [2.75, 3.05) is 11.9 Å². The molecule has 4 aromatic rings. The predicted octanol–water partition coefficient (Wildman–Crippen LogP) is 2.57. The highest BCUT2D eigenvalue weighted by Gasteiger charge is 2.18. The first-order chi connectivity index (χ1) is 15.8. The molecule has 0 unspecified atom stereocenters. The molecule has 0 spiro atoms. The molecule has 33 heavy (non-hydrogen) atoms. The van der Waals surface area contributed by atoms with Crippen molar-refractivity contribution in [2.24, 2.45) is 0 Å². The van der Waals surface area contributed by atoms with Gasteiger partial charge in [-0.1, -0.05) is 29.8 Å². The molecule has 9 nitrogen and oxygen atoms in total. The second-order valence-corrected chi connectivity index (χ2v) is 8.24. The molecule has 0 aliphatic rings. The summed E-state index contributed by atoms with van der Waals surface area (Å²) in [4.78, 5) is 38.9. The lowest BCUT2D eigenvalue weighted by atomic mass is 10.2. The van der Waals surface area contributed by atoms with E-state index in [1.165, 1.54) is 8.97 Å². The monoisotopic (exact) mass is 449 g/mol. The van der Waals surface area contributed by atoms with Crippen LogP contribution in [0.2, 0.25) is 0 Å². The number of carbonyl (C=O) groups excluding carboxylic acids is 1. The van der Waals surface area contributed by atoms with Crippen molar-refractivity contribution in [3.63, 3.8) is 0 Å². The molecular formula is C24H27N5O4. The van der Waals surface area contributed by atoms with E-state index in [4.69, 9.17) is 4.74 Å². The van der Waals surface area contributed by atoms with E-state index in [9.17, 15) is 14.4 Å². The third kappa shape index (κ3) is 4.73. The van der Waals surface area contributed by atoms with Gasteiger partial charge in [-0.15, -0.1) is 5.10 Å². The van der Waals surface area contributed by atoms with Crippen LogP contribution in [-0.2, 0) is 22.6 Å². The summed E-state index contributed by atoms with van der Waals surface area (Å²) in [5, 5.41) is 7.55. The van der Waals surface area contributed by atoms with Crippen LogP contribution in [0.4, 0.5) is 5.69 Å². The molecule has 2 heterocycles. The highest BCUT2D eigenvalue weighted by Crippen LogP contribution is 2.12. The Bertz CT molecular complexity index is 1410. The first-order valence-electron chi connectivity index (χ1n) is 10.9. The second kappa shape index (κ2) is 9.41. The van der Waals surface area contributed by atoms with E-state index in [1.807, 2.05) is 32.9 Å². The third-order valence-corrected chi connectivity index (χ3v) is 5.29. The van der Waals surface area contributed by atoms with E-state index in [1.54, 1.807) is 36.4 Å². The topological polar surface area (TPSA) is 99.6 Å². The number of rotatable bonds is 8. The van der Waals surface area contributed by atoms with Crippen LogP contribution in [0.3, 0.4) is 0 Å². The van der Waals surface area contributed by atoms with E-state index >= 15 is 0 Å². The molecule has 9 heteroatoms. The minimum Gasteiger partial charge on any atom is -0.379 e. The van der Waals surface area contributed by atoms with Gasteiger partial charge in [0.2, 0.25) is 11.7 Å². The standard InChI is InChI=1S/C24H27N5O4/c1-16(2)33-14-6-13-27-22(31)19-7-4-5-8-20(19)29-23(27)26-28(24(29)32)15-21(30)25-18-11-9-17(3)10-12-18/h4-5,7-12,16H,6,13-15H2,1-3H3,(H,25,30). The quantitative estimate of drug-likeness (QED) is 0.417. The SMILES string of the molecule is Cc1ccc(NC(=O)Cn2nc3n(CCCOC(C)C)c(=O)c4ccccc4n3c2=O)cc1. The molecule has 0 aliphatic carbocycles. The average Bonchev–Trinajstić information content (AvgIpc) is 3.10. The largest absolute Gasteiger partial charge is 0.379 e. The van der Waals surface area contributed by atoms with Gasteiger partial charge in [0.25, 0.3) is 5.56 Å².